The zero-order valence-electron chi connectivity index (χ0n) is 14.7. The van der Waals surface area contributed by atoms with Crippen LogP contribution in [0.3, 0.4) is 0 Å². The fraction of sp³-hybridized carbons (Fsp3) is 0.882. The topological polar surface area (TPSA) is 66.6 Å². The summed E-state index contributed by atoms with van der Waals surface area (Å²) in [6.07, 6.45) is 3.85. The van der Waals surface area contributed by atoms with Crippen molar-refractivity contribution in [3.05, 3.63) is 0 Å². The van der Waals surface area contributed by atoms with E-state index in [1.807, 2.05) is 39.5 Å². The van der Waals surface area contributed by atoms with E-state index in [0.29, 0.717) is 6.54 Å². The Labute approximate surface area is 134 Å². The Kier molecular flexibility index (Phi) is 4.58. The van der Waals surface area contributed by atoms with Crippen molar-refractivity contribution >= 4 is 11.8 Å². The van der Waals surface area contributed by atoms with Crippen LogP contribution in [0.5, 0.6) is 0 Å². The SMILES string of the molecule is CC(C)N1C(=O)CN(C(=O)C2CCCCC2(C)N)CC1(C)C. The monoisotopic (exact) mass is 309 g/mol. The predicted octanol–water partition coefficient (Wildman–Crippen LogP) is 1.75. The van der Waals surface area contributed by atoms with Gasteiger partial charge in [0, 0.05) is 18.1 Å². The van der Waals surface area contributed by atoms with Gasteiger partial charge in [-0.3, -0.25) is 9.59 Å². The van der Waals surface area contributed by atoms with Crippen molar-refractivity contribution in [2.24, 2.45) is 11.7 Å². The highest BCUT2D eigenvalue weighted by atomic mass is 16.2. The van der Waals surface area contributed by atoms with Crippen molar-refractivity contribution < 1.29 is 9.59 Å². The van der Waals surface area contributed by atoms with E-state index in [1.165, 1.54) is 0 Å². The quantitative estimate of drug-likeness (QED) is 0.845. The van der Waals surface area contributed by atoms with E-state index in [9.17, 15) is 9.59 Å². The average Bonchev–Trinajstić information content (AvgIpc) is 2.34. The van der Waals surface area contributed by atoms with Crippen LogP contribution >= 0.6 is 0 Å². The molecule has 1 aliphatic carbocycles. The Hall–Kier alpha value is -1.10. The second kappa shape index (κ2) is 5.84. The molecule has 1 saturated carbocycles. The Bertz CT molecular complexity index is 457. The summed E-state index contributed by atoms with van der Waals surface area (Å²) in [6.45, 7) is 10.9. The fourth-order valence-corrected chi connectivity index (χ4v) is 4.30. The first-order chi connectivity index (χ1) is 10.1. The molecule has 2 aliphatic rings. The minimum Gasteiger partial charge on any atom is -0.332 e. The maximum atomic E-state index is 13.0. The molecule has 0 aromatic rings. The highest BCUT2D eigenvalue weighted by Gasteiger charge is 2.45. The van der Waals surface area contributed by atoms with E-state index in [4.69, 9.17) is 5.73 Å². The summed E-state index contributed by atoms with van der Waals surface area (Å²) in [5.74, 6) is -0.0564. The molecular weight excluding hydrogens is 278 g/mol. The first-order valence-corrected chi connectivity index (χ1v) is 8.46. The predicted molar refractivity (Wildman–Crippen MR) is 87.2 cm³/mol. The van der Waals surface area contributed by atoms with Crippen molar-refractivity contribution in [2.75, 3.05) is 13.1 Å². The van der Waals surface area contributed by atoms with Crippen LogP contribution in [0.2, 0.25) is 0 Å². The second-order valence-electron chi connectivity index (χ2n) is 8.17. The van der Waals surface area contributed by atoms with Crippen LogP contribution in [0.4, 0.5) is 0 Å². The van der Waals surface area contributed by atoms with Crippen LogP contribution in [-0.2, 0) is 9.59 Å². The molecule has 1 saturated heterocycles. The number of hydrogen-bond acceptors (Lipinski definition) is 3. The summed E-state index contributed by atoms with van der Waals surface area (Å²) < 4.78 is 0. The second-order valence-corrected chi connectivity index (χ2v) is 8.17. The maximum absolute atomic E-state index is 13.0. The molecule has 0 aromatic heterocycles. The summed E-state index contributed by atoms with van der Waals surface area (Å²) in [7, 11) is 0. The van der Waals surface area contributed by atoms with Crippen LogP contribution < -0.4 is 5.73 Å². The molecule has 1 heterocycles. The molecule has 0 spiro atoms. The van der Waals surface area contributed by atoms with Gasteiger partial charge in [0.2, 0.25) is 11.8 Å². The van der Waals surface area contributed by atoms with Gasteiger partial charge in [0.05, 0.1) is 18.0 Å². The van der Waals surface area contributed by atoms with Gasteiger partial charge in [-0.2, -0.15) is 0 Å². The van der Waals surface area contributed by atoms with Crippen molar-refractivity contribution in [2.45, 2.75) is 77.4 Å². The molecule has 2 atom stereocenters. The molecule has 22 heavy (non-hydrogen) atoms. The third-order valence-corrected chi connectivity index (χ3v) is 5.21. The zero-order valence-corrected chi connectivity index (χ0v) is 14.7. The Morgan fingerprint density at radius 3 is 2.41 bits per heavy atom. The van der Waals surface area contributed by atoms with Crippen molar-refractivity contribution in [1.82, 2.24) is 9.80 Å². The molecule has 0 bridgehead atoms. The molecule has 0 aromatic carbocycles. The zero-order chi connectivity index (χ0) is 16.7. The van der Waals surface area contributed by atoms with Gasteiger partial charge in [0.1, 0.15) is 0 Å². The number of nitrogens with two attached hydrogens (primary N) is 1. The molecule has 2 amide bonds. The molecule has 2 fully saturated rings. The van der Waals surface area contributed by atoms with E-state index in [-0.39, 0.29) is 35.9 Å². The summed E-state index contributed by atoms with van der Waals surface area (Å²) in [5.41, 5.74) is 5.58. The molecule has 0 radical (unpaired) electrons. The van der Waals surface area contributed by atoms with Crippen LogP contribution in [-0.4, -0.2) is 51.8 Å². The van der Waals surface area contributed by atoms with Gasteiger partial charge in [-0.25, -0.2) is 0 Å². The molecule has 2 unspecified atom stereocenters. The highest BCUT2D eigenvalue weighted by Crippen LogP contribution is 2.34. The lowest BCUT2D eigenvalue weighted by Crippen LogP contribution is -2.66. The van der Waals surface area contributed by atoms with E-state index in [1.54, 1.807) is 4.90 Å². The van der Waals surface area contributed by atoms with Gasteiger partial charge in [-0.05, 0) is 47.5 Å². The Morgan fingerprint density at radius 1 is 1.27 bits per heavy atom. The Balaban J connectivity index is 2.17. The molecular formula is C17H31N3O2. The number of amides is 2. The fourth-order valence-electron chi connectivity index (χ4n) is 4.30. The molecule has 1 aliphatic heterocycles. The summed E-state index contributed by atoms with van der Waals surface area (Å²) in [5, 5.41) is 0. The van der Waals surface area contributed by atoms with Gasteiger partial charge in [0.25, 0.3) is 0 Å². The largest absolute Gasteiger partial charge is 0.332 e. The molecule has 126 valence electrons. The maximum Gasteiger partial charge on any atom is 0.242 e. The average molecular weight is 309 g/mol. The van der Waals surface area contributed by atoms with E-state index in [0.717, 1.165) is 25.7 Å². The number of carbonyl (C=O) groups is 2. The lowest BCUT2D eigenvalue weighted by molar-refractivity contribution is -0.159. The highest BCUT2D eigenvalue weighted by molar-refractivity contribution is 5.88. The van der Waals surface area contributed by atoms with E-state index in [2.05, 4.69) is 0 Å². The summed E-state index contributed by atoms with van der Waals surface area (Å²) in [6, 6.07) is 0.147. The van der Waals surface area contributed by atoms with Gasteiger partial charge < -0.3 is 15.5 Å². The smallest absolute Gasteiger partial charge is 0.242 e. The van der Waals surface area contributed by atoms with Gasteiger partial charge in [-0.15, -0.1) is 0 Å². The van der Waals surface area contributed by atoms with Crippen LogP contribution in [0.1, 0.15) is 60.3 Å². The molecule has 5 heteroatoms. The normalized spacial score (nSPS) is 32.5. The number of piperazine rings is 1. The minimum absolute atomic E-state index is 0.0362. The third-order valence-electron chi connectivity index (χ3n) is 5.21. The van der Waals surface area contributed by atoms with Crippen molar-refractivity contribution in [3.63, 3.8) is 0 Å². The standard InChI is InChI=1S/C17H31N3O2/c1-12(2)20-14(21)10-19(11-16(20,3)4)15(22)13-8-6-7-9-17(13,5)18/h12-13H,6-11,18H2,1-5H3. The number of carbonyl (C=O) groups excluding carboxylic acids is 2. The number of nitrogens with zero attached hydrogens (tertiary/aromatic N) is 2. The van der Waals surface area contributed by atoms with Gasteiger partial charge >= 0.3 is 0 Å². The summed E-state index contributed by atoms with van der Waals surface area (Å²) in [4.78, 5) is 29.1. The van der Waals surface area contributed by atoms with Crippen LogP contribution in [0, 0.1) is 5.92 Å². The first kappa shape index (κ1) is 17.3. The third kappa shape index (κ3) is 3.14. The van der Waals surface area contributed by atoms with Gasteiger partial charge in [0.15, 0.2) is 0 Å². The summed E-state index contributed by atoms with van der Waals surface area (Å²) >= 11 is 0. The van der Waals surface area contributed by atoms with Gasteiger partial charge in [-0.1, -0.05) is 12.8 Å². The first-order valence-electron chi connectivity index (χ1n) is 8.46. The number of hydrogen-bond donors (Lipinski definition) is 1. The minimum atomic E-state index is -0.447. The molecule has 2 N–H and O–H groups in total. The van der Waals surface area contributed by atoms with Crippen molar-refractivity contribution in [3.8, 4) is 0 Å². The van der Waals surface area contributed by atoms with Crippen molar-refractivity contribution in [1.29, 1.82) is 0 Å². The molecule has 5 nitrogen and oxygen atoms in total. The Morgan fingerprint density at radius 2 is 1.91 bits per heavy atom. The number of rotatable bonds is 2. The van der Waals surface area contributed by atoms with E-state index >= 15 is 0 Å². The lowest BCUT2D eigenvalue weighted by atomic mass is 9.73. The van der Waals surface area contributed by atoms with Crippen LogP contribution in [0.25, 0.3) is 0 Å². The lowest BCUT2D eigenvalue weighted by Gasteiger charge is -2.50. The molecule has 2 rings (SSSR count). The van der Waals surface area contributed by atoms with E-state index < -0.39 is 5.54 Å². The van der Waals surface area contributed by atoms with Crippen LogP contribution in [0.15, 0.2) is 0 Å².